The number of hydrogen-bond donors (Lipinski definition) is 1. The number of urea groups is 1. The molecule has 1 aliphatic rings. The molecule has 3 rings (SSSR count). The van der Waals surface area contributed by atoms with Gasteiger partial charge in [0.1, 0.15) is 17.3 Å². The predicted octanol–water partition coefficient (Wildman–Crippen LogP) is 4.62. The fourth-order valence-electron chi connectivity index (χ4n) is 3.36. The summed E-state index contributed by atoms with van der Waals surface area (Å²) in [5.41, 5.74) is 1.74. The Morgan fingerprint density at radius 1 is 0.926 bits per heavy atom. The van der Waals surface area contributed by atoms with Gasteiger partial charge in [-0.25, -0.2) is 13.6 Å². The van der Waals surface area contributed by atoms with E-state index in [9.17, 15) is 13.6 Å². The van der Waals surface area contributed by atoms with Crippen LogP contribution in [-0.4, -0.2) is 37.1 Å². The van der Waals surface area contributed by atoms with Gasteiger partial charge in [0.2, 0.25) is 0 Å². The fraction of sp³-hybridized carbons (Fsp3) is 0.381. The first-order valence-electron chi connectivity index (χ1n) is 9.12. The number of hydrogen-bond acceptors (Lipinski definition) is 2. The average molecular weight is 373 g/mol. The highest BCUT2D eigenvalue weighted by Crippen LogP contribution is 2.29. The molecule has 0 aliphatic carbocycles. The highest BCUT2D eigenvalue weighted by Gasteiger charge is 2.26. The molecule has 1 heterocycles. The zero-order valence-electron chi connectivity index (χ0n) is 15.9. The number of halogens is 2. The number of anilines is 2. The van der Waals surface area contributed by atoms with E-state index in [1.165, 1.54) is 18.2 Å². The van der Waals surface area contributed by atoms with E-state index in [-0.39, 0.29) is 17.1 Å². The van der Waals surface area contributed by atoms with Gasteiger partial charge < -0.3 is 15.1 Å². The molecule has 0 bridgehead atoms. The molecule has 1 saturated heterocycles. The van der Waals surface area contributed by atoms with Crippen molar-refractivity contribution in [2.24, 2.45) is 0 Å². The normalized spacial score (nSPS) is 15.0. The first-order chi connectivity index (χ1) is 12.8. The highest BCUT2D eigenvalue weighted by atomic mass is 19.1. The molecule has 0 radical (unpaired) electrons. The maximum absolute atomic E-state index is 14.0. The number of nitrogens with zero attached hydrogens (tertiary/aromatic N) is 2. The Hall–Kier alpha value is -2.63. The molecule has 0 aromatic heterocycles. The maximum Gasteiger partial charge on any atom is 0.321 e. The first kappa shape index (κ1) is 19.1. The molecule has 1 fully saturated rings. The van der Waals surface area contributed by atoms with Crippen LogP contribution >= 0.6 is 0 Å². The zero-order chi connectivity index (χ0) is 19.6. The molecule has 0 atom stereocenters. The minimum atomic E-state index is -0.577. The van der Waals surface area contributed by atoms with Crippen LogP contribution < -0.4 is 10.2 Å². The van der Waals surface area contributed by atoms with Crippen LogP contribution in [0.25, 0.3) is 0 Å². The van der Waals surface area contributed by atoms with Crippen LogP contribution in [0.3, 0.4) is 0 Å². The number of nitrogens with one attached hydrogen (secondary N) is 1. The van der Waals surface area contributed by atoms with E-state index >= 15 is 0 Å². The first-order valence-corrected chi connectivity index (χ1v) is 9.12. The van der Waals surface area contributed by atoms with Gasteiger partial charge in [0.25, 0.3) is 0 Å². The third kappa shape index (κ3) is 4.21. The van der Waals surface area contributed by atoms with E-state index in [0.29, 0.717) is 26.2 Å². The lowest BCUT2D eigenvalue weighted by Gasteiger charge is -2.36. The van der Waals surface area contributed by atoms with Crippen molar-refractivity contribution in [3.63, 3.8) is 0 Å². The van der Waals surface area contributed by atoms with Crippen LogP contribution in [0.5, 0.6) is 0 Å². The molecule has 1 N–H and O–H groups in total. The number of para-hydroxylation sites is 2. The van der Waals surface area contributed by atoms with E-state index in [1.807, 2.05) is 24.3 Å². The lowest BCUT2D eigenvalue weighted by Crippen LogP contribution is -2.50. The molecule has 2 aromatic carbocycles. The van der Waals surface area contributed by atoms with Crippen molar-refractivity contribution in [2.75, 3.05) is 36.4 Å². The standard InChI is InChI=1S/C21H25F2N3O/c1-21(2,3)15-7-4-5-10-18(15)24-20(27)26-13-11-25(12-14-26)19-16(22)8-6-9-17(19)23/h4-10H,11-14H2,1-3H3,(H,24,27). The Morgan fingerprint density at radius 2 is 1.52 bits per heavy atom. The summed E-state index contributed by atoms with van der Waals surface area (Å²) in [5, 5.41) is 2.98. The van der Waals surface area contributed by atoms with E-state index in [0.717, 1.165) is 11.3 Å². The molecule has 6 heteroatoms. The minimum Gasteiger partial charge on any atom is -0.363 e. The quantitative estimate of drug-likeness (QED) is 0.834. The van der Waals surface area contributed by atoms with Gasteiger partial charge in [0, 0.05) is 31.9 Å². The second-order valence-corrected chi connectivity index (χ2v) is 7.77. The molecule has 144 valence electrons. The van der Waals surface area contributed by atoms with Crippen LogP contribution in [0.4, 0.5) is 25.0 Å². The van der Waals surface area contributed by atoms with Gasteiger partial charge in [-0.3, -0.25) is 0 Å². The summed E-state index contributed by atoms with van der Waals surface area (Å²) in [6.45, 7) is 7.85. The number of piperazine rings is 1. The number of carbonyl (C=O) groups is 1. The van der Waals surface area contributed by atoms with Crippen LogP contribution in [0, 0.1) is 11.6 Å². The Kier molecular flexibility index (Phi) is 5.35. The van der Waals surface area contributed by atoms with Gasteiger partial charge in [0.05, 0.1) is 0 Å². The molecule has 1 aliphatic heterocycles. The highest BCUT2D eigenvalue weighted by molar-refractivity contribution is 5.90. The van der Waals surface area contributed by atoms with Crippen molar-refractivity contribution in [2.45, 2.75) is 26.2 Å². The van der Waals surface area contributed by atoms with Crippen LogP contribution in [0.15, 0.2) is 42.5 Å². The SMILES string of the molecule is CC(C)(C)c1ccccc1NC(=O)N1CCN(c2c(F)cccc2F)CC1. The van der Waals surface area contributed by atoms with Crippen molar-refractivity contribution in [1.82, 2.24) is 4.90 Å². The van der Waals surface area contributed by atoms with Crippen LogP contribution in [-0.2, 0) is 5.41 Å². The summed E-state index contributed by atoms with van der Waals surface area (Å²) in [4.78, 5) is 16.0. The van der Waals surface area contributed by atoms with Gasteiger partial charge in [-0.1, -0.05) is 45.0 Å². The van der Waals surface area contributed by atoms with E-state index < -0.39 is 11.6 Å². The van der Waals surface area contributed by atoms with Gasteiger partial charge in [-0.15, -0.1) is 0 Å². The zero-order valence-corrected chi connectivity index (χ0v) is 15.9. The summed E-state index contributed by atoms with van der Waals surface area (Å²) in [6, 6.07) is 11.4. The topological polar surface area (TPSA) is 35.6 Å². The lowest BCUT2D eigenvalue weighted by atomic mass is 9.86. The number of benzene rings is 2. The number of rotatable bonds is 2. The number of amides is 2. The summed E-state index contributed by atoms with van der Waals surface area (Å²) < 4.78 is 27.9. The monoisotopic (exact) mass is 373 g/mol. The molecule has 2 amide bonds. The molecular formula is C21H25F2N3O. The van der Waals surface area contributed by atoms with Crippen LogP contribution in [0.1, 0.15) is 26.3 Å². The average Bonchev–Trinajstić information content (AvgIpc) is 2.61. The van der Waals surface area contributed by atoms with Gasteiger partial charge in [0.15, 0.2) is 0 Å². The van der Waals surface area contributed by atoms with E-state index in [1.54, 1.807) is 9.80 Å². The van der Waals surface area contributed by atoms with Crippen molar-refractivity contribution >= 4 is 17.4 Å². The molecular weight excluding hydrogens is 348 g/mol. The van der Waals surface area contributed by atoms with Gasteiger partial charge in [-0.2, -0.15) is 0 Å². The third-order valence-electron chi connectivity index (χ3n) is 4.80. The Labute approximate surface area is 158 Å². The Morgan fingerprint density at radius 3 is 2.11 bits per heavy atom. The molecule has 27 heavy (non-hydrogen) atoms. The largest absolute Gasteiger partial charge is 0.363 e. The Balaban J connectivity index is 1.66. The minimum absolute atomic E-state index is 0.0179. The molecule has 4 nitrogen and oxygen atoms in total. The third-order valence-corrected chi connectivity index (χ3v) is 4.80. The molecule has 0 saturated carbocycles. The summed E-state index contributed by atoms with van der Waals surface area (Å²) in [7, 11) is 0. The van der Waals surface area contributed by atoms with Crippen LogP contribution in [0.2, 0.25) is 0 Å². The molecule has 0 unspecified atom stereocenters. The summed E-state index contributed by atoms with van der Waals surface area (Å²) >= 11 is 0. The predicted molar refractivity (Wildman–Crippen MR) is 104 cm³/mol. The van der Waals surface area contributed by atoms with Crippen molar-refractivity contribution in [3.05, 3.63) is 59.7 Å². The maximum atomic E-state index is 14.0. The molecule has 2 aromatic rings. The van der Waals surface area contributed by atoms with E-state index in [4.69, 9.17) is 0 Å². The van der Waals surface area contributed by atoms with Gasteiger partial charge >= 0.3 is 6.03 Å². The molecule has 0 spiro atoms. The smallest absolute Gasteiger partial charge is 0.321 e. The number of carbonyl (C=O) groups excluding carboxylic acids is 1. The summed E-state index contributed by atoms with van der Waals surface area (Å²) in [6.07, 6.45) is 0. The van der Waals surface area contributed by atoms with E-state index in [2.05, 4.69) is 26.1 Å². The summed E-state index contributed by atoms with van der Waals surface area (Å²) in [5.74, 6) is -1.15. The van der Waals surface area contributed by atoms with Crippen molar-refractivity contribution in [3.8, 4) is 0 Å². The van der Waals surface area contributed by atoms with Gasteiger partial charge in [-0.05, 0) is 29.2 Å². The Bertz CT molecular complexity index is 804. The second kappa shape index (κ2) is 7.55. The van der Waals surface area contributed by atoms with Crippen molar-refractivity contribution < 1.29 is 13.6 Å². The lowest BCUT2D eigenvalue weighted by molar-refractivity contribution is 0.208. The fourth-order valence-corrected chi connectivity index (χ4v) is 3.36. The second-order valence-electron chi connectivity index (χ2n) is 7.77. The van der Waals surface area contributed by atoms with Crippen molar-refractivity contribution in [1.29, 1.82) is 0 Å².